The molecule has 2 rings (SSSR count). The van der Waals surface area contributed by atoms with Crippen molar-refractivity contribution in [2.75, 3.05) is 19.5 Å². The van der Waals surface area contributed by atoms with Crippen LogP contribution in [0.2, 0.25) is 0 Å². The standard InChI is InChI=1S/C17H19NO2S/c1-19-15-10-9-14(12-16(15)20-2)18-17(21)11-8-13-6-4-3-5-7-13/h3-7,9-10,12H,8,11H2,1-2H3,(H,18,21). The predicted molar refractivity (Wildman–Crippen MR) is 90.5 cm³/mol. The van der Waals surface area contributed by atoms with Crippen LogP contribution < -0.4 is 14.8 Å². The van der Waals surface area contributed by atoms with Gasteiger partial charge in [-0.05, 0) is 24.1 Å². The van der Waals surface area contributed by atoms with E-state index in [2.05, 4.69) is 17.4 Å². The van der Waals surface area contributed by atoms with Gasteiger partial charge in [-0.15, -0.1) is 0 Å². The second-order valence-corrected chi connectivity index (χ2v) is 5.10. The van der Waals surface area contributed by atoms with Crippen LogP contribution in [0.5, 0.6) is 11.5 Å². The third-order valence-electron chi connectivity index (χ3n) is 3.15. The van der Waals surface area contributed by atoms with E-state index in [-0.39, 0.29) is 0 Å². The molecule has 0 atom stereocenters. The first kappa shape index (κ1) is 15.3. The maximum Gasteiger partial charge on any atom is 0.162 e. The highest BCUT2D eigenvalue weighted by Gasteiger charge is 2.05. The van der Waals surface area contributed by atoms with E-state index >= 15 is 0 Å². The van der Waals surface area contributed by atoms with Crippen molar-refractivity contribution in [3.63, 3.8) is 0 Å². The van der Waals surface area contributed by atoms with Crippen molar-refractivity contribution >= 4 is 22.9 Å². The Labute approximate surface area is 130 Å². The molecule has 0 aromatic heterocycles. The highest BCUT2D eigenvalue weighted by molar-refractivity contribution is 7.80. The molecule has 21 heavy (non-hydrogen) atoms. The second-order valence-electron chi connectivity index (χ2n) is 4.60. The minimum absolute atomic E-state index is 0.688. The Balaban J connectivity index is 1.93. The fraction of sp³-hybridized carbons (Fsp3) is 0.235. The fourth-order valence-corrected chi connectivity index (χ4v) is 2.26. The number of rotatable bonds is 6. The number of benzene rings is 2. The van der Waals surface area contributed by atoms with Gasteiger partial charge in [0.25, 0.3) is 0 Å². The predicted octanol–water partition coefficient (Wildman–Crippen LogP) is 4.08. The first-order valence-electron chi connectivity index (χ1n) is 6.78. The fourth-order valence-electron chi connectivity index (χ4n) is 2.04. The van der Waals surface area contributed by atoms with Crippen LogP contribution in [-0.2, 0) is 6.42 Å². The molecule has 110 valence electrons. The zero-order valence-electron chi connectivity index (χ0n) is 12.3. The van der Waals surface area contributed by atoms with E-state index in [9.17, 15) is 0 Å². The largest absolute Gasteiger partial charge is 0.493 e. The van der Waals surface area contributed by atoms with E-state index in [4.69, 9.17) is 21.7 Å². The highest BCUT2D eigenvalue weighted by atomic mass is 32.1. The quantitative estimate of drug-likeness (QED) is 0.815. The lowest BCUT2D eigenvalue weighted by atomic mass is 10.1. The van der Waals surface area contributed by atoms with Gasteiger partial charge in [0, 0.05) is 18.2 Å². The summed E-state index contributed by atoms with van der Waals surface area (Å²) in [7, 11) is 3.24. The van der Waals surface area contributed by atoms with Crippen molar-refractivity contribution in [3.05, 3.63) is 54.1 Å². The monoisotopic (exact) mass is 301 g/mol. The van der Waals surface area contributed by atoms with Crippen LogP contribution in [0.1, 0.15) is 12.0 Å². The molecule has 2 aromatic carbocycles. The normalized spacial score (nSPS) is 10.0. The van der Waals surface area contributed by atoms with E-state index in [1.807, 2.05) is 36.4 Å². The van der Waals surface area contributed by atoms with E-state index < -0.39 is 0 Å². The van der Waals surface area contributed by atoms with Crippen LogP contribution in [-0.4, -0.2) is 19.2 Å². The van der Waals surface area contributed by atoms with Crippen molar-refractivity contribution < 1.29 is 9.47 Å². The zero-order chi connectivity index (χ0) is 15.1. The molecule has 0 aliphatic rings. The Morgan fingerprint density at radius 3 is 2.38 bits per heavy atom. The summed E-state index contributed by atoms with van der Waals surface area (Å²) in [5, 5.41) is 3.23. The Morgan fingerprint density at radius 1 is 1.00 bits per heavy atom. The van der Waals surface area contributed by atoms with Crippen molar-refractivity contribution in [1.29, 1.82) is 0 Å². The summed E-state index contributed by atoms with van der Waals surface area (Å²) < 4.78 is 10.5. The maximum atomic E-state index is 5.39. The number of anilines is 1. The van der Waals surface area contributed by atoms with E-state index in [0.717, 1.165) is 23.5 Å². The molecule has 0 amide bonds. The van der Waals surface area contributed by atoms with Gasteiger partial charge in [-0.3, -0.25) is 0 Å². The molecule has 0 radical (unpaired) electrons. The van der Waals surface area contributed by atoms with Gasteiger partial charge in [0.1, 0.15) is 0 Å². The summed E-state index contributed by atoms with van der Waals surface area (Å²) in [5.74, 6) is 1.40. The van der Waals surface area contributed by atoms with Gasteiger partial charge in [0.15, 0.2) is 11.5 Å². The lowest BCUT2D eigenvalue weighted by Gasteiger charge is -2.12. The molecule has 0 aliphatic heterocycles. The minimum atomic E-state index is 0.688. The number of thiocarbonyl (C=S) groups is 1. The number of nitrogens with one attached hydrogen (secondary N) is 1. The minimum Gasteiger partial charge on any atom is -0.493 e. The summed E-state index contributed by atoms with van der Waals surface area (Å²) in [4.78, 5) is 0.811. The van der Waals surface area contributed by atoms with E-state index in [1.54, 1.807) is 14.2 Å². The summed E-state index contributed by atoms with van der Waals surface area (Å²) in [6, 6.07) is 16.0. The Kier molecular flexibility index (Phi) is 5.58. The molecular formula is C17H19NO2S. The van der Waals surface area contributed by atoms with Crippen LogP contribution in [0.25, 0.3) is 0 Å². The summed E-state index contributed by atoms with van der Waals surface area (Å²) in [6.07, 6.45) is 1.74. The highest BCUT2D eigenvalue weighted by Crippen LogP contribution is 2.29. The summed E-state index contributed by atoms with van der Waals surface area (Å²) in [6.45, 7) is 0. The molecule has 1 N–H and O–H groups in total. The lowest BCUT2D eigenvalue weighted by Crippen LogP contribution is -2.10. The second kappa shape index (κ2) is 7.64. The lowest BCUT2D eigenvalue weighted by molar-refractivity contribution is 0.355. The molecule has 0 saturated carbocycles. The number of methoxy groups -OCH3 is 2. The molecule has 0 spiro atoms. The third kappa shape index (κ3) is 4.46. The molecule has 0 bridgehead atoms. The molecule has 2 aromatic rings. The molecule has 0 saturated heterocycles. The van der Waals surface area contributed by atoms with Crippen molar-refractivity contribution in [1.82, 2.24) is 0 Å². The van der Waals surface area contributed by atoms with Crippen LogP contribution in [0.15, 0.2) is 48.5 Å². The van der Waals surface area contributed by atoms with Gasteiger partial charge < -0.3 is 14.8 Å². The first-order valence-corrected chi connectivity index (χ1v) is 7.19. The molecule has 4 heteroatoms. The Hall–Kier alpha value is -2.07. The van der Waals surface area contributed by atoms with Gasteiger partial charge in [-0.1, -0.05) is 42.5 Å². The van der Waals surface area contributed by atoms with Gasteiger partial charge in [-0.25, -0.2) is 0 Å². The maximum absolute atomic E-state index is 5.39. The van der Waals surface area contributed by atoms with Crippen LogP contribution in [0, 0.1) is 0 Å². The van der Waals surface area contributed by atoms with Crippen LogP contribution in [0.4, 0.5) is 5.69 Å². The molecule has 0 heterocycles. The molecule has 3 nitrogen and oxygen atoms in total. The smallest absolute Gasteiger partial charge is 0.162 e. The number of hydrogen-bond donors (Lipinski definition) is 1. The first-order chi connectivity index (χ1) is 10.2. The van der Waals surface area contributed by atoms with Gasteiger partial charge in [0.05, 0.1) is 19.2 Å². The number of hydrogen-bond acceptors (Lipinski definition) is 3. The Morgan fingerprint density at radius 2 is 1.71 bits per heavy atom. The zero-order valence-corrected chi connectivity index (χ0v) is 13.1. The van der Waals surface area contributed by atoms with Crippen LogP contribution >= 0.6 is 12.2 Å². The third-order valence-corrected chi connectivity index (χ3v) is 3.46. The van der Waals surface area contributed by atoms with Crippen LogP contribution in [0.3, 0.4) is 0 Å². The molecule has 0 fully saturated rings. The van der Waals surface area contributed by atoms with E-state index in [1.165, 1.54) is 5.56 Å². The van der Waals surface area contributed by atoms with Gasteiger partial charge >= 0.3 is 0 Å². The molecule has 0 unspecified atom stereocenters. The van der Waals surface area contributed by atoms with E-state index in [0.29, 0.717) is 11.5 Å². The van der Waals surface area contributed by atoms with Gasteiger partial charge in [0.2, 0.25) is 0 Å². The topological polar surface area (TPSA) is 30.5 Å². The van der Waals surface area contributed by atoms with Crippen molar-refractivity contribution in [2.24, 2.45) is 0 Å². The average molecular weight is 301 g/mol. The summed E-state index contributed by atoms with van der Waals surface area (Å²) in [5.41, 5.74) is 2.19. The number of ether oxygens (including phenoxy) is 2. The van der Waals surface area contributed by atoms with Crippen molar-refractivity contribution in [3.8, 4) is 11.5 Å². The van der Waals surface area contributed by atoms with Crippen molar-refractivity contribution in [2.45, 2.75) is 12.8 Å². The Bertz CT molecular complexity index is 599. The SMILES string of the molecule is COc1ccc(NC(=S)CCc2ccccc2)cc1OC. The van der Waals surface area contributed by atoms with Gasteiger partial charge in [-0.2, -0.15) is 0 Å². The molecular weight excluding hydrogens is 282 g/mol. The summed E-state index contributed by atoms with van der Waals surface area (Å²) >= 11 is 5.39. The number of aryl methyl sites for hydroxylation is 1. The molecule has 0 aliphatic carbocycles. The average Bonchev–Trinajstić information content (AvgIpc) is 2.53.